The molecule has 0 aliphatic heterocycles. The number of ether oxygens (including phenoxy) is 4. The molecule has 0 saturated carbocycles. The molecule has 230 valence electrons. The molecule has 4 aromatic rings. The summed E-state index contributed by atoms with van der Waals surface area (Å²) in [5, 5.41) is 15.4. The highest BCUT2D eigenvalue weighted by Gasteiger charge is 2.14. The fourth-order valence-electron chi connectivity index (χ4n) is 4.01. The summed E-state index contributed by atoms with van der Waals surface area (Å²) in [5.74, 6) is 1.88. The molecule has 0 atom stereocenters. The summed E-state index contributed by atoms with van der Waals surface area (Å²) in [4.78, 5) is 24.8. The standard InChI is InChI=1S/C31H32IN5O6S/c1-5-20-12-19(2)13-24(14-20)42-10-11-43-29-25(32)15-21(16-26(29)41-4)18-33-35-27(38)17-28-36-37-31(44-28)34-30(39)22-6-8-23(40-3)9-7-22/h6-9,12-16,18H,5,10-11,17H2,1-4H3,(H,35,38)(H,34,37,39). The highest BCUT2D eigenvalue weighted by Crippen LogP contribution is 2.33. The SMILES string of the molecule is CCc1cc(C)cc(OCCOc2c(I)cc(C=NNC(=O)Cc3nnc(NC(=O)c4ccc(OC)cc4)s3)cc2OC)c1. The highest BCUT2D eigenvalue weighted by molar-refractivity contribution is 14.1. The van der Waals surface area contributed by atoms with Crippen LogP contribution in [0.4, 0.5) is 5.13 Å². The zero-order valence-corrected chi connectivity index (χ0v) is 27.7. The second-order valence-electron chi connectivity index (χ2n) is 9.39. The van der Waals surface area contributed by atoms with Crippen LogP contribution in [-0.2, 0) is 17.6 Å². The van der Waals surface area contributed by atoms with Crippen molar-refractivity contribution in [3.8, 4) is 23.0 Å². The molecule has 11 nitrogen and oxygen atoms in total. The fraction of sp³-hybridized carbons (Fsp3) is 0.258. The number of carbonyl (C=O) groups excluding carboxylic acids is 2. The summed E-state index contributed by atoms with van der Waals surface area (Å²) < 4.78 is 23.3. The third-order valence-corrected chi connectivity index (χ3v) is 7.76. The fourth-order valence-corrected chi connectivity index (χ4v) is 5.53. The molecule has 4 rings (SSSR count). The number of nitrogens with one attached hydrogen (secondary N) is 2. The summed E-state index contributed by atoms with van der Waals surface area (Å²) >= 11 is 3.27. The van der Waals surface area contributed by atoms with Gasteiger partial charge in [0.15, 0.2) is 11.5 Å². The zero-order valence-electron chi connectivity index (χ0n) is 24.7. The van der Waals surface area contributed by atoms with Gasteiger partial charge >= 0.3 is 0 Å². The zero-order chi connectivity index (χ0) is 31.5. The number of hydrazone groups is 1. The average molecular weight is 730 g/mol. The number of methoxy groups -OCH3 is 2. The molecule has 0 aliphatic carbocycles. The molecule has 1 aromatic heterocycles. The minimum Gasteiger partial charge on any atom is -0.497 e. The molecule has 0 bridgehead atoms. The Balaban J connectivity index is 1.26. The molecule has 2 amide bonds. The largest absolute Gasteiger partial charge is 0.497 e. The van der Waals surface area contributed by atoms with Crippen LogP contribution in [-0.4, -0.2) is 55.7 Å². The van der Waals surface area contributed by atoms with E-state index in [1.165, 1.54) is 11.8 Å². The lowest BCUT2D eigenvalue weighted by Gasteiger charge is -2.14. The maximum absolute atomic E-state index is 12.4. The van der Waals surface area contributed by atoms with E-state index in [9.17, 15) is 9.59 Å². The van der Waals surface area contributed by atoms with Gasteiger partial charge in [-0.1, -0.05) is 24.3 Å². The number of aromatic nitrogens is 2. The first-order valence-electron chi connectivity index (χ1n) is 13.6. The number of nitrogens with zero attached hydrogens (tertiary/aromatic N) is 3. The number of amides is 2. The van der Waals surface area contributed by atoms with Gasteiger partial charge in [0.1, 0.15) is 29.7 Å². The van der Waals surface area contributed by atoms with Crippen molar-refractivity contribution in [3.63, 3.8) is 0 Å². The molecule has 3 aromatic carbocycles. The third kappa shape index (κ3) is 9.38. The van der Waals surface area contributed by atoms with Gasteiger partial charge < -0.3 is 18.9 Å². The minimum absolute atomic E-state index is 0.0502. The summed E-state index contributed by atoms with van der Waals surface area (Å²) in [6, 6.07) is 16.5. The van der Waals surface area contributed by atoms with Crippen LogP contribution in [0.25, 0.3) is 0 Å². The first-order chi connectivity index (χ1) is 21.3. The maximum Gasteiger partial charge on any atom is 0.257 e. The van der Waals surface area contributed by atoms with Gasteiger partial charge in [0.05, 0.1) is 30.4 Å². The molecule has 13 heteroatoms. The molecule has 0 aliphatic rings. The summed E-state index contributed by atoms with van der Waals surface area (Å²) in [6.07, 6.45) is 2.41. The van der Waals surface area contributed by atoms with Crippen LogP contribution in [0.1, 0.15) is 39.0 Å². The van der Waals surface area contributed by atoms with E-state index in [1.54, 1.807) is 44.6 Å². The average Bonchev–Trinajstić information content (AvgIpc) is 3.45. The van der Waals surface area contributed by atoms with Gasteiger partial charge in [-0.3, -0.25) is 14.9 Å². The van der Waals surface area contributed by atoms with Crippen LogP contribution in [0.15, 0.2) is 59.7 Å². The molecule has 44 heavy (non-hydrogen) atoms. The molecule has 1 heterocycles. The van der Waals surface area contributed by atoms with Gasteiger partial charge in [0, 0.05) is 5.56 Å². The van der Waals surface area contributed by atoms with Crippen LogP contribution in [0, 0.1) is 10.5 Å². The Morgan fingerprint density at radius 3 is 2.48 bits per heavy atom. The van der Waals surface area contributed by atoms with Crippen LogP contribution in [0.2, 0.25) is 0 Å². The Hall–Kier alpha value is -4.24. The van der Waals surface area contributed by atoms with Crippen LogP contribution in [0.3, 0.4) is 0 Å². The monoisotopic (exact) mass is 729 g/mol. The van der Waals surface area contributed by atoms with E-state index in [4.69, 9.17) is 18.9 Å². The second kappa shape index (κ2) is 16.0. The summed E-state index contributed by atoms with van der Waals surface area (Å²) in [6.45, 7) is 4.88. The van der Waals surface area contributed by atoms with Crippen LogP contribution in [0.5, 0.6) is 23.0 Å². The maximum atomic E-state index is 12.4. The van der Waals surface area contributed by atoms with Crippen molar-refractivity contribution in [2.45, 2.75) is 26.7 Å². The van der Waals surface area contributed by atoms with Gasteiger partial charge in [-0.25, -0.2) is 5.43 Å². The van der Waals surface area contributed by atoms with Gasteiger partial charge in [-0.05, 0) is 101 Å². The normalized spacial score (nSPS) is 10.8. The Labute approximate surface area is 273 Å². The topological polar surface area (TPSA) is 133 Å². The molecule has 0 radical (unpaired) electrons. The number of aryl methyl sites for hydroxylation is 2. The lowest BCUT2D eigenvalue weighted by molar-refractivity contribution is -0.120. The quantitative estimate of drug-likeness (QED) is 0.0760. The predicted molar refractivity (Wildman–Crippen MR) is 178 cm³/mol. The number of halogens is 1. The Bertz CT molecular complexity index is 1630. The third-order valence-electron chi connectivity index (χ3n) is 6.12. The molecular formula is C31H32IN5O6S. The molecule has 0 saturated heterocycles. The Morgan fingerprint density at radius 1 is 0.977 bits per heavy atom. The van der Waals surface area contributed by atoms with E-state index >= 15 is 0 Å². The van der Waals surface area contributed by atoms with Crippen molar-refractivity contribution in [3.05, 3.63) is 85.4 Å². The lowest BCUT2D eigenvalue weighted by Crippen LogP contribution is -2.19. The van der Waals surface area contributed by atoms with Gasteiger partial charge in [0.25, 0.3) is 5.91 Å². The van der Waals surface area contributed by atoms with Crippen molar-refractivity contribution >= 4 is 57.1 Å². The van der Waals surface area contributed by atoms with E-state index < -0.39 is 0 Å². The number of anilines is 1. The predicted octanol–water partition coefficient (Wildman–Crippen LogP) is 5.43. The lowest BCUT2D eigenvalue weighted by atomic mass is 10.1. The van der Waals surface area contributed by atoms with Crippen LogP contribution < -0.4 is 29.7 Å². The van der Waals surface area contributed by atoms with Crippen LogP contribution >= 0.6 is 33.9 Å². The number of hydrogen-bond donors (Lipinski definition) is 2. The Morgan fingerprint density at radius 2 is 1.75 bits per heavy atom. The smallest absolute Gasteiger partial charge is 0.257 e. The summed E-state index contributed by atoms with van der Waals surface area (Å²) in [5.41, 5.74) is 6.03. The number of hydrogen-bond acceptors (Lipinski definition) is 10. The second-order valence-corrected chi connectivity index (χ2v) is 11.6. The van der Waals surface area contributed by atoms with Gasteiger partial charge in [-0.15, -0.1) is 10.2 Å². The van der Waals surface area contributed by atoms with Gasteiger partial charge in [-0.2, -0.15) is 5.10 Å². The minimum atomic E-state index is -0.383. The molecule has 0 spiro atoms. The van der Waals surface area contributed by atoms with E-state index in [-0.39, 0.29) is 23.4 Å². The van der Waals surface area contributed by atoms with Crippen molar-refractivity contribution < 1.29 is 28.5 Å². The number of carbonyl (C=O) groups is 2. The van der Waals surface area contributed by atoms with Crippen molar-refractivity contribution in [2.24, 2.45) is 5.10 Å². The van der Waals surface area contributed by atoms with E-state index in [2.05, 4.69) is 61.6 Å². The van der Waals surface area contributed by atoms with Crippen molar-refractivity contribution in [1.82, 2.24) is 15.6 Å². The van der Waals surface area contributed by atoms with E-state index in [0.29, 0.717) is 46.6 Å². The molecule has 0 fully saturated rings. The van der Waals surface area contributed by atoms with E-state index in [0.717, 1.165) is 32.6 Å². The number of benzene rings is 3. The first kappa shape index (κ1) is 32.7. The first-order valence-corrected chi connectivity index (χ1v) is 15.5. The molecular weight excluding hydrogens is 697 g/mol. The molecule has 0 unspecified atom stereocenters. The van der Waals surface area contributed by atoms with Gasteiger partial charge in [0.2, 0.25) is 11.0 Å². The van der Waals surface area contributed by atoms with E-state index in [1.807, 2.05) is 25.1 Å². The number of rotatable bonds is 14. The summed E-state index contributed by atoms with van der Waals surface area (Å²) in [7, 11) is 3.11. The Kier molecular flexibility index (Phi) is 11.9. The highest BCUT2D eigenvalue weighted by atomic mass is 127. The molecule has 2 N–H and O–H groups in total. The van der Waals surface area contributed by atoms with Crippen molar-refractivity contribution in [1.29, 1.82) is 0 Å². The van der Waals surface area contributed by atoms with Crippen molar-refractivity contribution in [2.75, 3.05) is 32.8 Å².